The Morgan fingerprint density at radius 2 is 2.05 bits per heavy atom. The number of alkyl halides is 3. The lowest BCUT2D eigenvalue weighted by molar-refractivity contribution is -0.142. The molecular weight excluding hydrogens is 304 g/mol. The summed E-state index contributed by atoms with van der Waals surface area (Å²) in [4.78, 5) is 0. The van der Waals surface area contributed by atoms with Crippen molar-refractivity contribution in [3.8, 4) is 5.75 Å². The number of nitrogens with zero attached hydrogens (tertiary/aromatic N) is 2. The highest BCUT2D eigenvalue weighted by Crippen LogP contribution is 2.31. The quantitative estimate of drug-likeness (QED) is 0.862. The van der Waals surface area contributed by atoms with E-state index in [2.05, 4.69) is 5.10 Å². The average Bonchev–Trinajstić information content (AvgIpc) is 2.82. The summed E-state index contributed by atoms with van der Waals surface area (Å²) < 4.78 is 58.0. The predicted molar refractivity (Wildman–Crippen MR) is 70.1 cm³/mol. The molecule has 0 saturated carbocycles. The summed E-state index contributed by atoms with van der Waals surface area (Å²) in [6.45, 7) is -0.429. The number of aliphatic hydroxyl groups is 1. The molecular formula is C14H14F4N2O2. The molecule has 0 unspecified atom stereocenters. The van der Waals surface area contributed by atoms with Crippen molar-refractivity contribution < 1.29 is 27.4 Å². The zero-order valence-electron chi connectivity index (χ0n) is 11.7. The lowest BCUT2D eigenvalue weighted by Crippen LogP contribution is -2.11. The van der Waals surface area contributed by atoms with Gasteiger partial charge in [-0.2, -0.15) is 18.3 Å². The molecule has 0 aliphatic heterocycles. The van der Waals surface area contributed by atoms with E-state index in [1.54, 1.807) is 6.07 Å². The lowest BCUT2D eigenvalue weighted by Gasteiger charge is -2.06. The van der Waals surface area contributed by atoms with Crippen LogP contribution in [0.5, 0.6) is 5.75 Å². The second-order valence-corrected chi connectivity index (χ2v) is 4.64. The highest BCUT2D eigenvalue weighted by atomic mass is 19.4. The Balaban J connectivity index is 2.28. The van der Waals surface area contributed by atoms with Crippen molar-refractivity contribution in [3.05, 3.63) is 47.0 Å². The van der Waals surface area contributed by atoms with E-state index in [4.69, 9.17) is 9.84 Å². The fraction of sp³-hybridized carbons (Fsp3) is 0.357. The fourth-order valence-corrected chi connectivity index (χ4v) is 2.08. The number of hydrogen-bond acceptors (Lipinski definition) is 3. The van der Waals surface area contributed by atoms with Gasteiger partial charge in [0, 0.05) is 18.4 Å². The van der Waals surface area contributed by atoms with E-state index in [0.717, 1.165) is 4.68 Å². The van der Waals surface area contributed by atoms with Crippen LogP contribution < -0.4 is 4.74 Å². The van der Waals surface area contributed by atoms with E-state index in [-0.39, 0.29) is 24.3 Å². The third-order valence-corrected chi connectivity index (χ3v) is 3.05. The zero-order valence-corrected chi connectivity index (χ0v) is 11.7. The third kappa shape index (κ3) is 3.56. The molecule has 0 atom stereocenters. The van der Waals surface area contributed by atoms with Gasteiger partial charge in [0.1, 0.15) is 0 Å². The summed E-state index contributed by atoms with van der Waals surface area (Å²) in [5.74, 6) is -0.542. The molecule has 0 spiro atoms. The Morgan fingerprint density at radius 1 is 1.32 bits per heavy atom. The van der Waals surface area contributed by atoms with Gasteiger partial charge in [0.25, 0.3) is 0 Å². The van der Waals surface area contributed by atoms with Crippen LogP contribution in [0.4, 0.5) is 17.6 Å². The van der Waals surface area contributed by atoms with Crippen LogP contribution >= 0.6 is 0 Å². The molecule has 0 fully saturated rings. The highest BCUT2D eigenvalue weighted by Gasteiger charge is 2.36. The molecule has 0 amide bonds. The molecule has 22 heavy (non-hydrogen) atoms. The van der Waals surface area contributed by atoms with Crippen LogP contribution in [0.2, 0.25) is 0 Å². The largest absolute Gasteiger partial charge is 0.494 e. The highest BCUT2D eigenvalue weighted by molar-refractivity contribution is 5.30. The summed E-state index contributed by atoms with van der Waals surface area (Å²) in [7, 11) is 1.32. The molecule has 1 aromatic carbocycles. The monoisotopic (exact) mass is 318 g/mol. The Labute approximate surface area is 123 Å². The minimum absolute atomic E-state index is 0.0184. The summed E-state index contributed by atoms with van der Waals surface area (Å²) in [6, 6.07) is 4.12. The summed E-state index contributed by atoms with van der Waals surface area (Å²) in [5, 5.41) is 12.3. The maximum absolute atomic E-state index is 13.6. The van der Waals surface area contributed by atoms with Crippen LogP contribution in [0.15, 0.2) is 24.4 Å². The smallest absolute Gasteiger partial charge is 0.435 e. The molecule has 1 heterocycles. The van der Waals surface area contributed by atoms with Gasteiger partial charge in [-0.1, -0.05) is 6.07 Å². The molecule has 0 radical (unpaired) electrons. The predicted octanol–water partition coefficient (Wildman–Crippen LogP) is 2.63. The Bertz CT molecular complexity index is 653. The van der Waals surface area contributed by atoms with Gasteiger partial charge < -0.3 is 9.84 Å². The fourth-order valence-electron chi connectivity index (χ4n) is 2.08. The zero-order chi connectivity index (χ0) is 16.3. The van der Waals surface area contributed by atoms with Gasteiger partial charge >= 0.3 is 6.18 Å². The molecule has 2 rings (SSSR count). The third-order valence-electron chi connectivity index (χ3n) is 3.05. The van der Waals surface area contributed by atoms with Crippen LogP contribution in [0.1, 0.15) is 16.8 Å². The van der Waals surface area contributed by atoms with E-state index in [9.17, 15) is 17.6 Å². The van der Waals surface area contributed by atoms with Crippen LogP contribution in [0.3, 0.4) is 0 Å². The molecule has 0 saturated heterocycles. The number of aromatic nitrogens is 2. The molecule has 0 aliphatic carbocycles. The Kier molecular flexibility index (Phi) is 4.70. The Morgan fingerprint density at radius 3 is 2.59 bits per heavy atom. The molecule has 120 valence electrons. The van der Waals surface area contributed by atoms with Crippen molar-refractivity contribution in [2.75, 3.05) is 13.7 Å². The molecule has 8 heteroatoms. The van der Waals surface area contributed by atoms with Crippen LogP contribution in [0.25, 0.3) is 0 Å². The van der Waals surface area contributed by atoms with E-state index in [1.807, 2.05) is 0 Å². The number of methoxy groups -OCH3 is 1. The molecule has 0 bridgehead atoms. The van der Waals surface area contributed by atoms with Crippen molar-refractivity contribution in [2.45, 2.75) is 19.1 Å². The summed E-state index contributed by atoms with van der Waals surface area (Å²) in [5.41, 5.74) is -0.676. The number of aliphatic hydroxyl groups excluding tert-OH is 1. The van der Waals surface area contributed by atoms with Gasteiger partial charge in [0.2, 0.25) is 0 Å². The minimum atomic E-state index is -4.60. The van der Waals surface area contributed by atoms with Gasteiger partial charge in [-0.15, -0.1) is 0 Å². The first kappa shape index (κ1) is 16.3. The van der Waals surface area contributed by atoms with Gasteiger partial charge in [-0.3, -0.25) is 4.68 Å². The first-order chi connectivity index (χ1) is 10.3. The lowest BCUT2D eigenvalue weighted by atomic mass is 10.2. The van der Waals surface area contributed by atoms with Crippen molar-refractivity contribution in [1.29, 1.82) is 0 Å². The molecule has 4 nitrogen and oxygen atoms in total. The molecule has 1 N–H and O–H groups in total. The maximum Gasteiger partial charge on any atom is 0.435 e. The van der Waals surface area contributed by atoms with E-state index in [0.29, 0.717) is 5.56 Å². The molecule has 1 aromatic heterocycles. The number of hydrogen-bond donors (Lipinski definition) is 1. The van der Waals surface area contributed by atoms with Gasteiger partial charge in [0.15, 0.2) is 17.3 Å². The summed E-state index contributed by atoms with van der Waals surface area (Å²) in [6.07, 6.45) is -3.53. The average molecular weight is 318 g/mol. The van der Waals surface area contributed by atoms with E-state index >= 15 is 0 Å². The number of benzene rings is 1. The molecule has 0 aliphatic rings. The first-order valence-corrected chi connectivity index (χ1v) is 6.42. The van der Waals surface area contributed by atoms with Crippen molar-refractivity contribution in [2.24, 2.45) is 0 Å². The first-order valence-electron chi connectivity index (χ1n) is 6.42. The number of rotatable bonds is 5. The normalized spacial score (nSPS) is 11.7. The maximum atomic E-state index is 13.6. The van der Waals surface area contributed by atoms with E-state index < -0.39 is 24.3 Å². The topological polar surface area (TPSA) is 47.3 Å². The Hall–Kier alpha value is -2.09. The second kappa shape index (κ2) is 6.35. The second-order valence-electron chi connectivity index (χ2n) is 4.64. The molecule has 2 aromatic rings. The number of halogens is 4. The summed E-state index contributed by atoms with van der Waals surface area (Å²) >= 11 is 0. The van der Waals surface area contributed by atoms with Gasteiger partial charge in [-0.25, -0.2) is 4.39 Å². The van der Waals surface area contributed by atoms with Crippen molar-refractivity contribution in [1.82, 2.24) is 9.78 Å². The van der Waals surface area contributed by atoms with Crippen LogP contribution in [-0.2, 0) is 19.1 Å². The minimum Gasteiger partial charge on any atom is -0.494 e. The standard InChI is InChI=1S/C14H14F4N2O2/c1-22-12-3-2-9(6-11(12)15)7-20-8-10(4-5-21)13(19-20)14(16,17)18/h2-3,6,8,21H,4-5,7H2,1H3. The SMILES string of the molecule is COc1ccc(Cn2cc(CCO)c(C(F)(F)F)n2)cc1F. The van der Waals surface area contributed by atoms with Crippen molar-refractivity contribution in [3.63, 3.8) is 0 Å². The van der Waals surface area contributed by atoms with Crippen LogP contribution in [-0.4, -0.2) is 28.6 Å². The van der Waals surface area contributed by atoms with E-state index in [1.165, 1.54) is 25.4 Å². The van der Waals surface area contributed by atoms with Crippen LogP contribution in [0, 0.1) is 5.82 Å². The van der Waals surface area contributed by atoms with Gasteiger partial charge in [-0.05, 0) is 24.1 Å². The van der Waals surface area contributed by atoms with Crippen molar-refractivity contribution >= 4 is 0 Å². The number of ether oxygens (including phenoxy) is 1. The van der Waals surface area contributed by atoms with Gasteiger partial charge in [0.05, 0.1) is 13.7 Å².